The Balaban J connectivity index is 2.18. The summed E-state index contributed by atoms with van der Waals surface area (Å²) in [5.74, 6) is -2.53. The van der Waals surface area contributed by atoms with Crippen molar-refractivity contribution in [3.63, 3.8) is 0 Å². The maximum Gasteiger partial charge on any atom is 0.342 e. The number of hydrogen-bond acceptors (Lipinski definition) is 10. The van der Waals surface area contributed by atoms with Gasteiger partial charge in [0.1, 0.15) is 18.8 Å². The van der Waals surface area contributed by atoms with Gasteiger partial charge in [-0.05, 0) is 12.1 Å². The molecule has 2 heterocycles. The summed E-state index contributed by atoms with van der Waals surface area (Å²) in [7, 11) is 0. The Hall–Kier alpha value is -3.01. The molecule has 0 amide bonds. The predicted octanol–water partition coefficient (Wildman–Crippen LogP) is 0.780. The van der Waals surface area contributed by atoms with Crippen LogP contribution in [0.15, 0.2) is 24.5 Å². The number of ether oxygens (including phenoxy) is 5. The summed E-state index contributed by atoms with van der Waals surface area (Å²) < 4.78 is 26.3. The second-order valence-corrected chi connectivity index (χ2v) is 6.01. The van der Waals surface area contributed by atoms with Gasteiger partial charge in [-0.3, -0.25) is 19.4 Å². The largest absolute Gasteiger partial charge is 0.463 e. The van der Waals surface area contributed by atoms with Crippen molar-refractivity contribution in [1.29, 1.82) is 0 Å². The first-order valence-electron chi connectivity index (χ1n) is 8.50. The van der Waals surface area contributed by atoms with E-state index < -0.39 is 48.5 Å². The Kier molecular flexibility index (Phi) is 7.44. The number of pyridine rings is 1. The van der Waals surface area contributed by atoms with Gasteiger partial charge in [0, 0.05) is 33.2 Å². The number of carbonyl (C=O) groups is 4. The summed E-state index contributed by atoms with van der Waals surface area (Å²) in [5, 5.41) is 0. The number of nitrogens with zero attached hydrogens (tertiary/aromatic N) is 1. The van der Waals surface area contributed by atoms with E-state index >= 15 is 0 Å². The quantitative estimate of drug-likeness (QED) is 0.503. The molecule has 0 N–H and O–H groups in total. The van der Waals surface area contributed by atoms with Crippen LogP contribution in [-0.2, 0) is 38.1 Å². The van der Waals surface area contributed by atoms with E-state index in [-0.39, 0.29) is 18.6 Å². The molecule has 0 spiro atoms. The third-order valence-electron chi connectivity index (χ3n) is 3.69. The van der Waals surface area contributed by atoms with Crippen LogP contribution in [0.1, 0.15) is 37.6 Å². The summed E-state index contributed by atoms with van der Waals surface area (Å²) >= 11 is 0. The molecule has 0 bridgehead atoms. The summed E-state index contributed by atoms with van der Waals surface area (Å²) in [6, 6.07) is 3.08. The van der Waals surface area contributed by atoms with E-state index in [2.05, 4.69) is 4.98 Å². The smallest absolute Gasteiger partial charge is 0.342 e. The molecule has 0 unspecified atom stereocenters. The molecule has 4 atom stereocenters. The van der Waals surface area contributed by atoms with Crippen LogP contribution < -0.4 is 0 Å². The molecule has 1 aromatic rings. The molecule has 0 aromatic carbocycles. The van der Waals surface area contributed by atoms with Gasteiger partial charge in [0.15, 0.2) is 6.10 Å². The zero-order chi connectivity index (χ0) is 20.7. The van der Waals surface area contributed by atoms with E-state index in [0.717, 1.165) is 0 Å². The van der Waals surface area contributed by atoms with E-state index in [9.17, 15) is 19.2 Å². The van der Waals surface area contributed by atoms with Crippen molar-refractivity contribution in [2.75, 3.05) is 6.61 Å². The van der Waals surface area contributed by atoms with Gasteiger partial charge in [0.2, 0.25) is 6.29 Å². The topological polar surface area (TPSA) is 127 Å². The lowest BCUT2D eigenvalue weighted by atomic mass is 10.0. The van der Waals surface area contributed by atoms with Crippen LogP contribution in [0.5, 0.6) is 0 Å². The van der Waals surface area contributed by atoms with Gasteiger partial charge in [-0.2, -0.15) is 0 Å². The second-order valence-electron chi connectivity index (χ2n) is 6.01. The highest BCUT2D eigenvalue weighted by Gasteiger charge is 2.45. The first kappa shape index (κ1) is 21.3. The SMILES string of the molecule is CC(=O)OC[C@H]1O[C@@H](OC(=O)c2cccnc2)C[C@@H](OC(C)=O)[C@@H]1OC(C)=O. The zero-order valence-corrected chi connectivity index (χ0v) is 15.7. The van der Waals surface area contributed by atoms with E-state index in [0.29, 0.717) is 0 Å². The lowest BCUT2D eigenvalue weighted by molar-refractivity contribution is -0.252. The molecule has 10 heteroatoms. The number of rotatable bonds is 6. The minimum absolute atomic E-state index is 0.0693. The van der Waals surface area contributed by atoms with E-state index in [1.54, 1.807) is 6.07 Å². The van der Waals surface area contributed by atoms with E-state index in [1.165, 1.54) is 39.2 Å². The first-order valence-corrected chi connectivity index (χ1v) is 8.50. The Bertz CT molecular complexity index is 721. The van der Waals surface area contributed by atoms with Gasteiger partial charge >= 0.3 is 23.9 Å². The third-order valence-corrected chi connectivity index (χ3v) is 3.69. The van der Waals surface area contributed by atoms with E-state index in [4.69, 9.17) is 23.7 Å². The lowest BCUT2D eigenvalue weighted by Crippen LogP contribution is -2.54. The first-order chi connectivity index (χ1) is 13.3. The van der Waals surface area contributed by atoms with Crippen molar-refractivity contribution >= 4 is 23.9 Å². The van der Waals surface area contributed by atoms with Crippen molar-refractivity contribution in [3.05, 3.63) is 30.1 Å². The molecule has 1 aliphatic heterocycles. The standard InChI is InChI=1S/C18H21NO9/c1-10(20)24-9-15-17(26-12(3)22)14(25-11(2)21)7-16(27-15)28-18(23)13-5-4-6-19-8-13/h4-6,8,14-17H,7,9H2,1-3H3/t14-,15-,16+,17+/m1/s1. The number of carbonyl (C=O) groups excluding carboxylic acids is 4. The summed E-state index contributed by atoms with van der Waals surface area (Å²) in [6.07, 6.45) is -1.35. The highest BCUT2D eigenvalue weighted by Crippen LogP contribution is 2.27. The molecule has 152 valence electrons. The lowest BCUT2D eigenvalue weighted by Gasteiger charge is -2.39. The number of esters is 4. The van der Waals surface area contributed by atoms with Crippen LogP contribution >= 0.6 is 0 Å². The zero-order valence-electron chi connectivity index (χ0n) is 15.7. The number of hydrogen-bond donors (Lipinski definition) is 0. The molecule has 0 saturated carbocycles. The van der Waals surface area contributed by atoms with E-state index in [1.807, 2.05) is 0 Å². The maximum absolute atomic E-state index is 12.3. The summed E-state index contributed by atoms with van der Waals surface area (Å²) in [4.78, 5) is 50.2. The Morgan fingerprint density at radius 1 is 1.07 bits per heavy atom. The molecular formula is C18H21NO9. The van der Waals surface area contributed by atoms with Crippen LogP contribution in [0.2, 0.25) is 0 Å². The number of aromatic nitrogens is 1. The summed E-state index contributed by atoms with van der Waals surface area (Å²) in [6.45, 7) is 3.29. The summed E-state index contributed by atoms with van der Waals surface area (Å²) in [5.41, 5.74) is 0.203. The molecule has 1 fully saturated rings. The average Bonchev–Trinajstić information content (AvgIpc) is 2.62. The fourth-order valence-corrected chi connectivity index (χ4v) is 2.64. The Labute approximate surface area is 161 Å². The molecule has 1 aromatic heterocycles. The second kappa shape index (κ2) is 9.79. The van der Waals surface area contributed by atoms with Gasteiger partial charge < -0.3 is 23.7 Å². The van der Waals surface area contributed by atoms with Crippen LogP contribution in [-0.4, -0.2) is 60.1 Å². The Morgan fingerprint density at radius 2 is 1.79 bits per heavy atom. The molecule has 10 nitrogen and oxygen atoms in total. The minimum atomic E-state index is -1.12. The fraction of sp³-hybridized carbons (Fsp3) is 0.500. The van der Waals surface area contributed by atoms with Gasteiger partial charge in [-0.25, -0.2) is 4.79 Å². The molecule has 1 aliphatic rings. The molecule has 0 radical (unpaired) electrons. The van der Waals surface area contributed by atoms with Crippen LogP contribution in [0.3, 0.4) is 0 Å². The minimum Gasteiger partial charge on any atom is -0.463 e. The molecule has 28 heavy (non-hydrogen) atoms. The predicted molar refractivity (Wildman–Crippen MR) is 90.7 cm³/mol. The van der Waals surface area contributed by atoms with Gasteiger partial charge in [-0.1, -0.05) is 0 Å². The van der Waals surface area contributed by atoms with Gasteiger partial charge in [0.25, 0.3) is 0 Å². The van der Waals surface area contributed by atoms with Gasteiger partial charge in [0.05, 0.1) is 12.0 Å². The van der Waals surface area contributed by atoms with Crippen molar-refractivity contribution in [1.82, 2.24) is 4.98 Å². The molecular weight excluding hydrogens is 374 g/mol. The molecule has 0 aliphatic carbocycles. The van der Waals surface area contributed by atoms with Crippen molar-refractivity contribution in [2.24, 2.45) is 0 Å². The fourth-order valence-electron chi connectivity index (χ4n) is 2.64. The van der Waals surface area contributed by atoms with Crippen molar-refractivity contribution < 1.29 is 42.9 Å². The third kappa shape index (κ3) is 6.31. The van der Waals surface area contributed by atoms with Crippen molar-refractivity contribution in [3.8, 4) is 0 Å². The highest BCUT2D eigenvalue weighted by atomic mass is 16.7. The van der Waals surface area contributed by atoms with Crippen LogP contribution in [0.25, 0.3) is 0 Å². The molecule has 2 rings (SSSR count). The highest BCUT2D eigenvalue weighted by molar-refractivity contribution is 5.89. The normalized spacial score (nSPS) is 24.0. The van der Waals surface area contributed by atoms with Crippen molar-refractivity contribution in [2.45, 2.75) is 51.8 Å². The maximum atomic E-state index is 12.3. The van der Waals surface area contributed by atoms with Gasteiger partial charge in [-0.15, -0.1) is 0 Å². The monoisotopic (exact) mass is 395 g/mol. The Morgan fingerprint density at radius 3 is 2.36 bits per heavy atom. The van der Waals surface area contributed by atoms with Crippen LogP contribution in [0.4, 0.5) is 0 Å². The molecule has 1 saturated heterocycles. The van der Waals surface area contributed by atoms with Crippen LogP contribution in [0, 0.1) is 0 Å². The average molecular weight is 395 g/mol.